The molecule has 6 nitrogen and oxygen atoms in total. The van der Waals surface area contributed by atoms with Crippen LogP contribution in [0.4, 0.5) is 4.79 Å². The number of hydrogen-bond acceptors (Lipinski definition) is 5. The van der Waals surface area contributed by atoms with Crippen LogP contribution in [0.25, 0.3) is 11.1 Å². The van der Waals surface area contributed by atoms with Crippen molar-refractivity contribution < 1.29 is 19.7 Å². The minimum atomic E-state index is -1.06. The van der Waals surface area contributed by atoms with E-state index in [9.17, 15) is 15.0 Å². The molecule has 1 aromatic heterocycles. The molecule has 0 fully saturated rings. The highest BCUT2D eigenvalue weighted by Gasteiger charge is 2.29. The highest BCUT2D eigenvalue weighted by Crippen LogP contribution is 2.44. The van der Waals surface area contributed by atoms with E-state index >= 15 is 0 Å². The van der Waals surface area contributed by atoms with E-state index in [1.54, 1.807) is 12.3 Å². The van der Waals surface area contributed by atoms with Crippen LogP contribution in [0.15, 0.2) is 67.0 Å². The molecule has 2 aromatic carbocycles. The van der Waals surface area contributed by atoms with E-state index in [1.165, 1.54) is 17.3 Å². The number of carbonyl (C=O) groups is 1. The van der Waals surface area contributed by atoms with E-state index in [-0.39, 0.29) is 25.5 Å². The highest BCUT2D eigenvalue weighted by atomic mass is 16.5. The second kappa shape index (κ2) is 9.29. The molecule has 3 aromatic rings. The molecular formula is C25H26N2O4. The van der Waals surface area contributed by atoms with Gasteiger partial charge in [0, 0.05) is 30.4 Å². The number of aliphatic hydroxyl groups excluding tert-OH is 2. The van der Waals surface area contributed by atoms with Crippen molar-refractivity contribution >= 4 is 6.09 Å². The summed E-state index contributed by atoms with van der Waals surface area (Å²) < 4.78 is 5.48. The van der Waals surface area contributed by atoms with Crippen LogP contribution in [-0.4, -0.2) is 40.5 Å². The lowest BCUT2D eigenvalue weighted by Gasteiger charge is -2.19. The highest BCUT2D eigenvalue weighted by molar-refractivity contribution is 5.79. The van der Waals surface area contributed by atoms with Crippen molar-refractivity contribution in [2.45, 2.75) is 31.5 Å². The zero-order chi connectivity index (χ0) is 21.8. The van der Waals surface area contributed by atoms with Gasteiger partial charge >= 0.3 is 6.09 Å². The molecule has 31 heavy (non-hydrogen) atoms. The summed E-state index contributed by atoms with van der Waals surface area (Å²) in [7, 11) is 0. The maximum atomic E-state index is 12.2. The van der Waals surface area contributed by atoms with Crippen LogP contribution in [-0.2, 0) is 4.74 Å². The lowest BCUT2D eigenvalue weighted by atomic mass is 9.98. The van der Waals surface area contributed by atoms with Gasteiger partial charge in [-0.05, 0) is 41.2 Å². The number of fused-ring (bicyclic) bond motifs is 3. The second-order valence-corrected chi connectivity index (χ2v) is 7.85. The third kappa shape index (κ3) is 4.60. The Balaban J connectivity index is 1.28. The predicted molar refractivity (Wildman–Crippen MR) is 118 cm³/mol. The molecular weight excluding hydrogens is 392 g/mol. The molecule has 1 heterocycles. The molecule has 0 radical (unpaired) electrons. The van der Waals surface area contributed by atoms with Crippen molar-refractivity contribution in [1.82, 2.24) is 10.3 Å². The van der Waals surface area contributed by atoms with Gasteiger partial charge in [0.15, 0.2) is 0 Å². The van der Waals surface area contributed by atoms with E-state index in [0.29, 0.717) is 5.56 Å². The van der Waals surface area contributed by atoms with E-state index in [2.05, 4.69) is 34.6 Å². The predicted octanol–water partition coefficient (Wildman–Crippen LogP) is 3.71. The summed E-state index contributed by atoms with van der Waals surface area (Å²) in [6.45, 7) is 2.29. The Labute approximate surface area is 181 Å². The number of carbonyl (C=O) groups excluding carboxylic acids is 1. The second-order valence-electron chi connectivity index (χ2n) is 7.85. The Morgan fingerprint density at radius 1 is 1.06 bits per heavy atom. The first-order valence-electron chi connectivity index (χ1n) is 10.4. The van der Waals surface area contributed by atoms with Crippen LogP contribution < -0.4 is 5.32 Å². The number of ether oxygens (including phenoxy) is 1. The average Bonchev–Trinajstić information content (AvgIpc) is 3.11. The van der Waals surface area contributed by atoms with Crippen LogP contribution >= 0.6 is 0 Å². The van der Waals surface area contributed by atoms with Crippen LogP contribution in [0.1, 0.15) is 40.7 Å². The van der Waals surface area contributed by atoms with Crippen LogP contribution in [0.3, 0.4) is 0 Å². The molecule has 160 valence electrons. The Hall–Kier alpha value is -3.22. The van der Waals surface area contributed by atoms with Gasteiger partial charge in [-0.25, -0.2) is 4.79 Å². The van der Waals surface area contributed by atoms with Crippen LogP contribution in [0.5, 0.6) is 0 Å². The van der Waals surface area contributed by atoms with Crippen molar-refractivity contribution in [3.05, 3.63) is 89.2 Å². The standard InChI is InChI=1S/C25H26N2O4/c1-16-12-17(14-26-13-16)24(29)23(28)10-11-27-25(30)31-15-22-20-8-4-2-6-18(20)19-7-3-5-9-21(19)22/h2-9,12-14,22-24,28-29H,10-11,15H2,1H3,(H,27,30). The van der Waals surface area contributed by atoms with Gasteiger partial charge < -0.3 is 20.3 Å². The maximum absolute atomic E-state index is 12.2. The maximum Gasteiger partial charge on any atom is 0.407 e. The SMILES string of the molecule is Cc1cncc(C(O)C(O)CCNC(=O)OCC2c3ccccc3-c3ccccc32)c1. The Morgan fingerprint density at radius 2 is 1.71 bits per heavy atom. The quantitative estimate of drug-likeness (QED) is 0.544. The van der Waals surface area contributed by atoms with Gasteiger partial charge in [0.2, 0.25) is 0 Å². The number of pyridine rings is 1. The van der Waals surface area contributed by atoms with Crippen molar-refractivity contribution in [1.29, 1.82) is 0 Å². The Bertz CT molecular complexity index is 1020. The molecule has 1 amide bonds. The Kier molecular flexibility index (Phi) is 6.30. The average molecular weight is 418 g/mol. The van der Waals surface area contributed by atoms with E-state index in [1.807, 2.05) is 31.2 Å². The summed E-state index contributed by atoms with van der Waals surface area (Å²) in [6.07, 6.45) is 0.787. The minimum absolute atomic E-state index is 0.000572. The molecule has 0 saturated heterocycles. The summed E-state index contributed by atoms with van der Waals surface area (Å²) in [5, 5.41) is 23.2. The summed E-state index contributed by atoms with van der Waals surface area (Å²) in [5.41, 5.74) is 6.11. The fourth-order valence-corrected chi connectivity index (χ4v) is 4.09. The summed E-state index contributed by atoms with van der Waals surface area (Å²) in [4.78, 5) is 16.2. The number of alkyl carbamates (subject to hydrolysis) is 1. The van der Waals surface area contributed by atoms with Crippen molar-refractivity contribution in [2.75, 3.05) is 13.2 Å². The fourth-order valence-electron chi connectivity index (χ4n) is 4.09. The first-order chi connectivity index (χ1) is 15.0. The van der Waals surface area contributed by atoms with Gasteiger partial charge in [-0.1, -0.05) is 54.6 Å². The zero-order valence-electron chi connectivity index (χ0n) is 17.4. The summed E-state index contributed by atoms with van der Waals surface area (Å²) >= 11 is 0. The van der Waals surface area contributed by atoms with Crippen molar-refractivity contribution in [3.8, 4) is 11.1 Å². The third-order valence-corrected chi connectivity index (χ3v) is 5.66. The number of hydrogen-bond donors (Lipinski definition) is 3. The first kappa shape index (κ1) is 21.0. The molecule has 0 saturated carbocycles. The van der Waals surface area contributed by atoms with E-state index in [4.69, 9.17) is 4.74 Å². The molecule has 6 heteroatoms. The zero-order valence-corrected chi connectivity index (χ0v) is 17.4. The molecule has 0 bridgehead atoms. The van der Waals surface area contributed by atoms with Gasteiger partial charge in [0.1, 0.15) is 12.7 Å². The van der Waals surface area contributed by atoms with Crippen LogP contribution in [0.2, 0.25) is 0 Å². The summed E-state index contributed by atoms with van der Waals surface area (Å²) in [5.74, 6) is -0.000572. The lowest BCUT2D eigenvalue weighted by Crippen LogP contribution is -2.30. The number of amides is 1. The topological polar surface area (TPSA) is 91.7 Å². The Morgan fingerprint density at radius 3 is 2.35 bits per heavy atom. The van der Waals surface area contributed by atoms with Gasteiger partial charge in [-0.3, -0.25) is 4.98 Å². The fraction of sp³-hybridized carbons (Fsp3) is 0.280. The smallest absolute Gasteiger partial charge is 0.407 e. The number of aliphatic hydroxyl groups is 2. The molecule has 2 unspecified atom stereocenters. The summed E-state index contributed by atoms with van der Waals surface area (Å²) in [6, 6.07) is 18.1. The molecule has 0 aliphatic heterocycles. The number of nitrogens with one attached hydrogen (secondary N) is 1. The van der Waals surface area contributed by atoms with Crippen LogP contribution in [0, 0.1) is 6.92 Å². The molecule has 4 rings (SSSR count). The normalized spacial score (nSPS) is 14.4. The van der Waals surface area contributed by atoms with E-state index < -0.39 is 18.3 Å². The number of aryl methyl sites for hydroxylation is 1. The van der Waals surface area contributed by atoms with Crippen molar-refractivity contribution in [3.63, 3.8) is 0 Å². The largest absolute Gasteiger partial charge is 0.449 e. The molecule has 3 N–H and O–H groups in total. The number of nitrogens with zero attached hydrogens (tertiary/aromatic N) is 1. The van der Waals surface area contributed by atoms with Gasteiger partial charge in [0.25, 0.3) is 0 Å². The number of rotatable bonds is 7. The number of aromatic nitrogens is 1. The first-order valence-corrected chi connectivity index (χ1v) is 10.4. The van der Waals surface area contributed by atoms with Crippen molar-refractivity contribution in [2.24, 2.45) is 0 Å². The third-order valence-electron chi connectivity index (χ3n) is 5.66. The van der Waals surface area contributed by atoms with Gasteiger partial charge in [-0.15, -0.1) is 0 Å². The van der Waals surface area contributed by atoms with Gasteiger partial charge in [0.05, 0.1) is 6.10 Å². The van der Waals surface area contributed by atoms with E-state index in [0.717, 1.165) is 16.7 Å². The molecule has 1 aliphatic rings. The van der Waals surface area contributed by atoms with Gasteiger partial charge in [-0.2, -0.15) is 0 Å². The number of benzene rings is 2. The minimum Gasteiger partial charge on any atom is -0.449 e. The lowest BCUT2D eigenvalue weighted by molar-refractivity contribution is 0.0134. The molecule has 2 atom stereocenters. The molecule has 0 spiro atoms. The monoisotopic (exact) mass is 418 g/mol. The molecule has 1 aliphatic carbocycles.